The van der Waals surface area contributed by atoms with E-state index in [9.17, 15) is 0 Å². The fraction of sp³-hybridized carbons (Fsp3) is 0.176. The first kappa shape index (κ1) is 22.5. The van der Waals surface area contributed by atoms with Gasteiger partial charge in [-0.15, -0.1) is 0 Å². The van der Waals surface area contributed by atoms with Crippen LogP contribution in [-0.4, -0.2) is 18.3 Å². The fourth-order valence-corrected chi connectivity index (χ4v) is 5.75. The Bertz CT molecular complexity index is 1800. The van der Waals surface area contributed by atoms with Gasteiger partial charge in [-0.3, -0.25) is 0 Å². The Morgan fingerprint density at radius 3 is 1.54 bits per heavy atom. The Labute approximate surface area is 218 Å². The van der Waals surface area contributed by atoms with Crippen molar-refractivity contribution in [3.8, 4) is 11.1 Å². The molecule has 0 atom stereocenters. The summed E-state index contributed by atoms with van der Waals surface area (Å²) in [4.78, 5) is 0. The van der Waals surface area contributed by atoms with Crippen LogP contribution in [0.1, 0.15) is 27.7 Å². The van der Waals surface area contributed by atoms with Gasteiger partial charge in [-0.2, -0.15) is 0 Å². The minimum atomic E-state index is -0.375. The monoisotopic (exact) mass is 480 g/mol. The van der Waals surface area contributed by atoms with Crippen molar-refractivity contribution < 1.29 is 9.31 Å². The Balaban J connectivity index is 1.37. The van der Waals surface area contributed by atoms with Gasteiger partial charge in [-0.05, 0) is 99.5 Å². The third kappa shape index (κ3) is 3.42. The van der Waals surface area contributed by atoms with E-state index in [2.05, 4.69) is 131 Å². The molecule has 2 nitrogen and oxygen atoms in total. The summed E-state index contributed by atoms with van der Waals surface area (Å²) in [5, 5.41) is 10.1. The molecule has 1 heterocycles. The number of hydrogen-bond acceptors (Lipinski definition) is 2. The standard InChI is InChI=1S/C34H29BO2/c1-33(2)34(3,4)37-35(36-33)32-15-9-10-24-20-22(16-18-25(24)32)23-17-19-30-28-13-6-5-11-26(28)27-12-7-8-14-29(27)31(30)21-23/h5-21H,1-4H3. The van der Waals surface area contributed by atoms with Crippen LogP contribution in [0, 0.1) is 0 Å². The van der Waals surface area contributed by atoms with E-state index >= 15 is 0 Å². The zero-order valence-corrected chi connectivity index (χ0v) is 21.7. The maximum atomic E-state index is 6.38. The van der Waals surface area contributed by atoms with Crippen molar-refractivity contribution in [1.29, 1.82) is 0 Å². The van der Waals surface area contributed by atoms with Crippen LogP contribution in [0.2, 0.25) is 0 Å². The second-order valence-corrected chi connectivity index (χ2v) is 11.2. The maximum Gasteiger partial charge on any atom is 0.495 e. The molecule has 37 heavy (non-hydrogen) atoms. The highest BCUT2D eigenvalue weighted by Crippen LogP contribution is 2.39. The molecular weight excluding hydrogens is 451 g/mol. The van der Waals surface area contributed by atoms with Gasteiger partial charge < -0.3 is 9.31 Å². The van der Waals surface area contributed by atoms with E-state index in [4.69, 9.17) is 9.31 Å². The summed E-state index contributed by atoms with van der Waals surface area (Å²) >= 11 is 0. The largest absolute Gasteiger partial charge is 0.495 e. The second-order valence-electron chi connectivity index (χ2n) is 11.2. The molecule has 3 heteroatoms. The molecule has 6 aromatic carbocycles. The summed E-state index contributed by atoms with van der Waals surface area (Å²) in [5.41, 5.74) is 2.78. The quantitative estimate of drug-likeness (QED) is 0.183. The van der Waals surface area contributed by atoms with Crippen LogP contribution >= 0.6 is 0 Å². The van der Waals surface area contributed by atoms with E-state index < -0.39 is 0 Å². The molecule has 0 aliphatic carbocycles. The van der Waals surface area contributed by atoms with Gasteiger partial charge in [0, 0.05) is 0 Å². The van der Waals surface area contributed by atoms with Crippen LogP contribution in [0.15, 0.2) is 103 Å². The minimum Gasteiger partial charge on any atom is -0.399 e. The van der Waals surface area contributed by atoms with Gasteiger partial charge in [-0.25, -0.2) is 0 Å². The lowest BCUT2D eigenvalue weighted by molar-refractivity contribution is 0.00578. The zero-order chi connectivity index (χ0) is 25.4. The molecule has 1 saturated heterocycles. The van der Waals surface area contributed by atoms with Crippen LogP contribution in [0.3, 0.4) is 0 Å². The predicted octanol–water partition coefficient (Wildman–Crippen LogP) is 8.27. The zero-order valence-electron chi connectivity index (χ0n) is 21.7. The van der Waals surface area contributed by atoms with Gasteiger partial charge in [0.05, 0.1) is 11.2 Å². The molecule has 0 unspecified atom stereocenters. The lowest BCUT2D eigenvalue weighted by atomic mass is 9.76. The third-order valence-corrected chi connectivity index (χ3v) is 8.50. The summed E-state index contributed by atoms with van der Waals surface area (Å²) in [5.74, 6) is 0. The highest BCUT2D eigenvalue weighted by Gasteiger charge is 2.52. The van der Waals surface area contributed by atoms with Crippen molar-refractivity contribution in [3.63, 3.8) is 0 Å². The molecule has 0 saturated carbocycles. The third-order valence-electron chi connectivity index (χ3n) is 8.50. The molecular formula is C34H29BO2. The van der Waals surface area contributed by atoms with E-state index in [1.807, 2.05) is 0 Å². The molecule has 0 radical (unpaired) electrons. The summed E-state index contributed by atoms with van der Waals surface area (Å²) in [6.07, 6.45) is 0. The summed E-state index contributed by atoms with van der Waals surface area (Å²) in [6.45, 7) is 8.40. The second kappa shape index (κ2) is 7.92. The smallest absolute Gasteiger partial charge is 0.399 e. The van der Waals surface area contributed by atoms with Crippen molar-refractivity contribution in [3.05, 3.63) is 103 Å². The minimum absolute atomic E-state index is 0.363. The van der Waals surface area contributed by atoms with Crippen molar-refractivity contribution in [2.24, 2.45) is 0 Å². The normalized spacial score (nSPS) is 16.8. The van der Waals surface area contributed by atoms with Gasteiger partial charge in [0.2, 0.25) is 0 Å². The molecule has 0 spiro atoms. The van der Waals surface area contributed by atoms with Gasteiger partial charge in [0.25, 0.3) is 0 Å². The average Bonchev–Trinajstić information content (AvgIpc) is 3.14. The molecule has 1 aliphatic heterocycles. The van der Waals surface area contributed by atoms with Crippen LogP contribution in [0.5, 0.6) is 0 Å². The van der Waals surface area contributed by atoms with Crippen LogP contribution < -0.4 is 5.46 Å². The number of fused-ring (bicyclic) bond motifs is 7. The molecule has 1 aliphatic rings. The molecule has 180 valence electrons. The van der Waals surface area contributed by atoms with Crippen LogP contribution in [0.4, 0.5) is 0 Å². The lowest BCUT2D eigenvalue weighted by Crippen LogP contribution is -2.41. The molecule has 6 aromatic rings. The molecule has 7 rings (SSSR count). The Morgan fingerprint density at radius 2 is 0.946 bits per heavy atom. The Morgan fingerprint density at radius 1 is 0.459 bits per heavy atom. The van der Waals surface area contributed by atoms with E-state index in [-0.39, 0.29) is 18.3 Å². The number of benzene rings is 6. The molecule has 0 bridgehead atoms. The van der Waals surface area contributed by atoms with Crippen molar-refractivity contribution in [2.45, 2.75) is 38.9 Å². The fourth-order valence-electron chi connectivity index (χ4n) is 5.75. The van der Waals surface area contributed by atoms with Crippen LogP contribution in [0.25, 0.3) is 54.2 Å². The van der Waals surface area contributed by atoms with E-state index in [1.165, 1.54) is 54.2 Å². The van der Waals surface area contributed by atoms with Gasteiger partial charge in [-0.1, -0.05) is 91.0 Å². The van der Waals surface area contributed by atoms with E-state index in [0.717, 1.165) is 5.46 Å². The van der Waals surface area contributed by atoms with Gasteiger partial charge >= 0.3 is 7.12 Å². The van der Waals surface area contributed by atoms with Crippen LogP contribution in [-0.2, 0) is 9.31 Å². The Kier molecular flexibility index (Phi) is 4.82. The topological polar surface area (TPSA) is 18.5 Å². The SMILES string of the molecule is CC1(C)OB(c2cccc3cc(-c4ccc5c6ccccc6c6ccccc6c5c4)ccc23)OC1(C)C. The summed E-state index contributed by atoms with van der Waals surface area (Å²) in [6, 6.07) is 37.5. The summed E-state index contributed by atoms with van der Waals surface area (Å²) < 4.78 is 12.8. The maximum absolute atomic E-state index is 6.38. The lowest BCUT2D eigenvalue weighted by Gasteiger charge is -2.32. The Hall–Kier alpha value is -3.66. The van der Waals surface area contributed by atoms with E-state index in [1.54, 1.807) is 0 Å². The average molecular weight is 480 g/mol. The van der Waals surface area contributed by atoms with Gasteiger partial charge in [0.1, 0.15) is 0 Å². The number of rotatable bonds is 2. The van der Waals surface area contributed by atoms with Crippen molar-refractivity contribution in [1.82, 2.24) is 0 Å². The molecule has 1 fully saturated rings. The molecule has 0 amide bonds. The first-order valence-corrected chi connectivity index (χ1v) is 13.0. The first-order chi connectivity index (χ1) is 17.8. The predicted molar refractivity (Wildman–Crippen MR) is 158 cm³/mol. The molecule has 0 N–H and O–H groups in total. The van der Waals surface area contributed by atoms with Crippen molar-refractivity contribution in [2.75, 3.05) is 0 Å². The van der Waals surface area contributed by atoms with Crippen molar-refractivity contribution >= 4 is 55.7 Å². The van der Waals surface area contributed by atoms with Gasteiger partial charge in [0.15, 0.2) is 0 Å². The summed E-state index contributed by atoms with van der Waals surface area (Å²) in [7, 11) is -0.375. The van der Waals surface area contributed by atoms with E-state index in [0.29, 0.717) is 0 Å². The number of hydrogen-bond donors (Lipinski definition) is 0. The molecule has 0 aromatic heterocycles. The highest BCUT2D eigenvalue weighted by atomic mass is 16.7. The first-order valence-electron chi connectivity index (χ1n) is 13.0. The highest BCUT2D eigenvalue weighted by molar-refractivity contribution is 6.65.